The number of hydrogen-bond donors (Lipinski definition) is 0. The summed E-state index contributed by atoms with van der Waals surface area (Å²) < 4.78 is 0. The average Bonchev–Trinajstić information content (AvgIpc) is 2.78. The minimum absolute atomic E-state index is 0.972. The van der Waals surface area contributed by atoms with Crippen LogP contribution in [0.25, 0.3) is 10.8 Å². The summed E-state index contributed by atoms with van der Waals surface area (Å²) in [4.78, 5) is 0. The number of allylic oxidation sites excluding steroid dienone is 4. The molecule has 0 bridgehead atoms. The summed E-state index contributed by atoms with van der Waals surface area (Å²) >= 11 is -0.972. The molecule has 3 heteroatoms. The van der Waals surface area contributed by atoms with Crippen LogP contribution in [0.1, 0.15) is 19.4 Å². The summed E-state index contributed by atoms with van der Waals surface area (Å²) in [6.45, 7) is 4.37. The Bertz CT molecular complexity index is 636. The Balaban J connectivity index is 0.000000452. The summed E-state index contributed by atoms with van der Waals surface area (Å²) in [5.74, 6) is 1.39. The second kappa shape index (κ2) is 7.59. The van der Waals surface area contributed by atoms with E-state index in [1.807, 2.05) is 0 Å². The van der Waals surface area contributed by atoms with Crippen LogP contribution in [0, 0.1) is 5.92 Å². The van der Waals surface area contributed by atoms with E-state index in [0.717, 1.165) is 0 Å². The first kappa shape index (κ1) is 16.0. The number of halogens is 2. The molecule has 0 N–H and O–H groups in total. The van der Waals surface area contributed by atoms with Crippen molar-refractivity contribution in [1.82, 2.24) is 0 Å². The van der Waals surface area contributed by atoms with E-state index in [9.17, 15) is 0 Å². The maximum atomic E-state index is 4.96. The molecule has 0 aliphatic heterocycles. The fraction of sp³-hybridized carbons (Fsp3) is 0.118. The molecule has 0 spiro atoms. The minimum atomic E-state index is -0.972. The van der Waals surface area contributed by atoms with Crippen LogP contribution in [0.15, 0.2) is 65.8 Å². The fourth-order valence-electron chi connectivity index (χ4n) is 2.60. The van der Waals surface area contributed by atoms with E-state index in [1.165, 1.54) is 33.4 Å². The van der Waals surface area contributed by atoms with Crippen LogP contribution in [0.5, 0.6) is 0 Å². The van der Waals surface area contributed by atoms with E-state index in [1.54, 1.807) is 0 Å². The molecule has 1 aliphatic rings. The van der Waals surface area contributed by atoms with Crippen LogP contribution in [-0.4, -0.2) is 0 Å². The first-order chi connectivity index (χ1) is 9.69. The average molecular weight is 469 g/mol. The maximum absolute atomic E-state index is 4.96. The van der Waals surface area contributed by atoms with Gasteiger partial charge in [-0.1, -0.05) is 65.8 Å². The molecule has 3 rings (SSSR count). The summed E-state index contributed by atoms with van der Waals surface area (Å²) in [7, 11) is 9.92. The molecule has 0 amide bonds. The van der Waals surface area contributed by atoms with Gasteiger partial charge in [0.15, 0.2) is 0 Å². The van der Waals surface area contributed by atoms with Crippen molar-refractivity contribution in [2.75, 3.05) is 0 Å². The molecule has 0 heterocycles. The van der Waals surface area contributed by atoms with Gasteiger partial charge in [0.2, 0.25) is 0 Å². The molecule has 2 aromatic carbocycles. The van der Waals surface area contributed by atoms with Gasteiger partial charge in [-0.25, -0.2) is 0 Å². The van der Waals surface area contributed by atoms with Crippen LogP contribution in [0.3, 0.4) is 0 Å². The third kappa shape index (κ3) is 3.44. The molecule has 101 valence electrons. The van der Waals surface area contributed by atoms with E-state index in [2.05, 4.69) is 68.5 Å². The Hall–Kier alpha value is -0.370. The molecule has 1 radical (unpaired) electrons. The van der Waals surface area contributed by atoms with Crippen LogP contribution in [0.4, 0.5) is 0 Å². The SMILES string of the molecule is CC1=CC=C(C)[C]1c1cccc2ccccc12.[Cl][Hf][Cl]. The molecule has 1 aliphatic carbocycles. The van der Waals surface area contributed by atoms with Crippen molar-refractivity contribution in [3.63, 3.8) is 0 Å². The molecule has 0 saturated carbocycles. The molecule has 0 nitrogen and oxygen atoms in total. The first-order valence-corrected chi connectivity index (χ1v) is 15.3. The third-order valence-corrected chi connectivity index (χ3v) is 3.43. The van der Waals surface area contributed by atoms with Gasteiger partial charge in [0.1, 0.15) is 0 Å². The standard InChI is InChI=1S/C17H15.2ClH.Hf/c1-12-10-11-13(2)17(12)16-9-5-7-14-6-3-4-8-15(14)16;;;/h3-11H,1-2H3;2*1H;/q;;;+2/p-2. The summed E-state index contributed by atoms with van der Waals surface area (Å²) in [6.07, 6.45) is 4.40. The van der Waals surface area contributed by atoms with Crippen molar-refractivity contribution in [2.24, 2.45) is 0 Å². The van der Waals surface area contributed by atoms with Crippen molar-refractivity contribution in [1.29, 1.82) is 0 Å². The molecular weight excluding hydrogens is 454 g/mol. The second-order valence-corrected chi connectivity index (χ2v) is 9.86. The van der Waals surface area contributed by atoms with Crippen molar-refractivity contribution in [3.05, 3.63) is 77.2 Å². The number of fused-ring (bicyclic) bond motifs is 1. The van der Waals surface area contributed by atoms with E-state index >= 15 is 0 Å². The predicted octanol–water partition coefficient (Wildman–Crippen LogP) is 6.05. The Morgan fingerprint density at radius 3 is 2.00 bits per heavy atom. The second-order valence-electron chi connectivity index (χ2n) is 4.67. The van der Waals surface area contributed by atoms with E-state index in [0.29, 0.717) is 0 Å². The van der Waals surface area contributed by atoms with Crippen molar-refractivity contribution in [2.45, 2.75) is 13.8 Å². The van der Waals surface area contributed by atoms with Crippen LogP contribution in [-0.2, 0) is 20.5 Å². The van der Waals surface area contributed by atoms with Gasteiger partial charge in [0.25, 0.3) is 0 Å². The van der Waals surface area contributed by atoms with E-state index in [-0.39, 0.29) is 0 Å². The quantitative estimate of drug-likeness (QED) is 0.447. The zero-order valence-corrected chi connectivity index (χ0v) is 16.6. The molecule has 0 atom stereocenters. The van der Waals surface area contributed by atoms with Crippen LogP contribution >= 0.6 is 17.2 Å². The monoisotopic (exact) mass is 469 g/mol. The van der Waals surface area contributed by atoms with E-state index in [4.69, 9.17) is 17.2 Å². The third-order valence-electron chi connectivity index (χ3n) is 3.43. The summed E-state index contributed by atoms with van der Waals surface area (Å²) in [6, 6.07) is 15.1. The van der Waals surface area contributed by atoms with Gasteiger partial charge in [-0.3, -0.25) is 0 Å². The normalized spacial score (nSPS) is 14.4. The van der Waals surface area contributed by atoms with Crippen molar-refractivity contribution < 1.29 is 20.5 Å². The molecular formula is C17H15Cl2Hf. The number of benzene rings is 2. The molecule has 0 unspecified atom stereocenters. The Labute approximate surface area is 139 Å². The van der Waals surface area contributed by atoms with Gasteiger partial charge in [0.05, 0.1) is 5.92 Å². The van der Waals surface area contributed by atoms with Gasteiger partial charge in [-0.05, 0) is 30.2 Å². The van der Waals surface area contributed by atoms with Crippen LogP contribution in [0.2, 0.25) is 0 Å². The number of hydrogen-bond acceptors (Lipinski definition) is 0. The summed E-state index contributed by atoms with van der Waals surface area (Å²) in [5, 5.41) is 2.65. The van der Waals surface area contributed by atoms with Crippen molar-refractivity contribution in [3.8, 4) is 0 Å². The zero-order valence-electron chi connectivity index (χ0n) is 11.5. The van der Waals surface area contributed by atoms with Gasteiger partial charge >= 0.3 is 37.7 Å². The van der Waals surface area contributed by atoms with Crippen LogP contribution < -0.4 is 0 Å². The molecule has 20 heavy (non-hydrogen) atoms. The van der Waals surface area contributed by atoms with Crippen molar-refractivity contribution >= 4 is 27.9 Å². The topological polar surface area (TPSA) is 0 Å². The molecule has 0 saturated heterocycles. The van der Waals surface area contributed by atoms with Gasteiger partial charge < -0.3 is 0 Å². The predicted molar refractivity (Wildman–Crippen MR) is 85.5 cm³/mol. The first-order valence-electron chi connectivity index (χ1n) is 6.36. The Kier molecular flexibility index (Phi) is 6.07. The summed E-state index contributed by atoms with van der Waals surface area (Å²) in [5.41, 5.74) is 4.07. The Morgan fingerprint density at radius 2 is 1.35 bits per heavy atom. The molecule has 2 aromatic rings. The molecule has 0 fully saturated rings. The number of rotatable bonds is 1. The Morgan fingerprint density at radius 1 is 0.800 bits per heavy atom. The van der Waals surface area contributed by atoms with E-state index < -0.39 is 20.5 Å². The van der Waals surface area contributed by atoms with Gasteiger partial charge in [-0.2, -0.15) is 0 Å². The zero-order chi connectivity index (χ0) is 14.5. The fourth-order valence-corrected chi connectivity index (χ4v) is 2.60. The molecule has 0 aromatic heterocycles. The van der Waals surface area contributed by atoms with Gasteiger partial charge in [-0.15, -0.1) is 0 Å². The van der Waals surface area contributed by atoms with Gasteiger partial charge in [0, 0.05) is 0 Å².